The second-order valence-electron chi connectivity index (χ2n) is 4.41. The molecule has 1 unspecified atom stereocenters. The smallest absolute Gasteiger partial charge is 0.227 e. The monoisotopic (exact) mass is 303 g/mol. The minimum Gasteiger partial charge on any atom is -0.394 e. The van der Waals surface area contributed by atoms with Crippen molar-refractivity contribution in [2.45, 2.75) is 12.5 Å². The molecule has 1 aliphatic heterocycles. The van der Waals surface area contributed by atoms with Crippen LogP contribution in [0.2, 0.25) is 10.0 Å². The topological polar surface area (TPSA) is 49.8 Å². The molecule has 1 heterocycles. The minimum absolute atomic E-state index is 0.0634. The molecule has 6 heteroatoms. The van der Waals surface area contributed by atoms with Crippen LogP contribution in [0.5, 0.6) is 0 Å². The number of benzene rings is 1. The van der Waals surface area contributed by atoms with Gasteiger partial charge in [0.2, 0.25) is 5.91 Å². The van der Waals surface area contributed by atoms with Gasteiger partial charge in [-0.05, 0) is 17.7 Å². The van der Waals surface area contributed by atoms with E-state index in [0.29, 0.717) is 29.8 Å². The van der Waals surface area contributed by atoms with Gasteiger partial charge >= 0.3 is 0 Å². The molecule has 104 valence electrons. The van der Waals surface area contributed by atoms with Crippen molar-refractivity contribution >= 4 is 29.1 Å². The predicted molar refractivity (Wildman–Crippen MR) is 73.6 cm³/mol. The van der Waals surface area contributed by atoms with Crippen LogP contribution in [0.3, 0.4) is 0 Å². The van der Waals surface area contributed by atoms with Crippen molar-refractivity contribution in [2.75, 3.05) is 26.4 Å². The van der Waals surface area contributed by atoms with Crippen LogP contribution in [0.25, 0.3) is 0 Å². The lowest BCUT2D eigenvalue weighted by molar-refractivity contribution is -0.140. The Kier molecular flexibility index (Phi) is 5.05. The Labute approximate surface area is 121 Å². The molecule has 1 N–H and O–H groups in total. The van der Waals surface area contributed by atoms with Gasteiger partial charge in [-0.1, -0.05) is 29.3 Å². The summed E-state index contributed by atoms with van der Waals surface area (Å²) in [6.45, 7) is 1.27. The summed E-state index contributed by atoms with van der Waals surface area (Å²) in [6, 6.07) is 4.80. The standard InChI is InChI=1S/C13H15Cl2NO3/c14-10-2-1-9(12(15)6-10)5-13(18)16-3-4-19-8-11(16)7-17/h1-2,6,11,17H,3-5,7-8H2. The zero-order chi connectivity index (χ0) is 13.8. The first-order valence-electron chi connectivity index (χ1n) is 6.04. The summed E-state index contributed by atoms with van der Waals surface area (Å²) in [5.74, 6) is -0.0634. The molecule has 2 rings (SSSR count). The van der Waals surface area contributed by atoms with E-state index in [2.05, 4.69) is 0 Å². The molecular weight excluding hydrogens is 289 g/mol. The van der Waals surface area contributed by atoms with Crippen LogP contribution in [-0.2, 0) is 16.0 Å². The molecule has 1 saturated heterocycles. The second kappa shape index (κ2) is 6.57. The average Bonchev–Trinajstić information content (AvgIpc) is 2.41. The molecule has 1 aromatic carbocycles. The first-order valence-corrected chi connectivity index (χ1v) is 6.79. The summed E-state index contributed by atoms with van der Waals surface area (Å²) in [5.41, 5.74) is 0.735. The van der Waals surface area contributed by atoms with Gasteiger partial charge in [-0.15, -0.1) is 0 Å². The van der Waals surface area contributed by atoms with E-state index in [1.807, 2.05) is 0 Å². The third-order valence-electron chi connectivity index (χ3n) is 3.12. The summed E-state index contributed by atoms with van der Waals surface area (Å²) in [6.07, 6.45) is 0.201. The number of ether oxygens (including phenoxy) is 1. The van der Waals surface area contributed by atoms with Crippen LogP contribution in [0, 0.1) is 0 Å². The van der Waals surface area contributed by atoms with Crippen molar-refractivity contribution in [1.29, 1.82) is 0 Å². The molecule has 4 nitrogen and oxygen atoms in total. The lowest BCUT2D eigenvalue weighted by atomic mass is 10.1. The first-order chi connectivity index (χ1) is 9.11. The van der Waals surface area contributed by atoms with E-state index < -0.39 is 0 Å². The molecule has 0 aromatic heterocycles. The molecule has 0 saturated carbocycles. The Bertz CT molecular complexity index is 467. The minimum atomic E-state index is -0.271. The number of halogens is 2. The maximum absolute atomic E-state index is 12.2. The maximum Gasteiger partial charge on any atom is 0.227 e. The number of hydrogen-bond acceptors (Lipinski definition) is 3. The largest absolute Gasteiger partial charge is 0.394 e. The average molecular weight is 304 g/mol. The van der Waals surface area contributed by atoms with Gasteiger partial charge in [-0.25, -0.2) is 0 Å². The van der Waals surface area contributed by atoms with E-state index >= 15 is 0 Å². The van der Waals surface area contributed by atoms with Crippen molar-refractivity contribution in [1.82, 2.24) is 4.90 Å². The van der Waals surface area contributed by atoms with Crippen molar-refractivity contribution in [2.24, 2.45) is 0 Å². The summed E-state index contributed by atoms with van der Waals surface area (Å²) >= 11 is 11.9. The van der Waals surface area contributed by atoms with Gasteiger partial charge in [0.1, 0.15) is 0 Å². The number of aliphatic hydroxyl groups excluding tert-OH is 1. The first kappa shape index (κ1) is 14.6. The maximum atomic E-state index is 12.2. The number of carbonyl (C=O) groups is 1. The molecule has 0 spiro atoms. The summed E-state index contributed by atoms with van der Waals surface area (Å²) in [5, 5.41) is 10.3. The van der Waals surface area contributed by atoms with Crippen LogP contribution in [0.15, 0.2) is 18.2 Å². The Morgan fingerprint density at radius 1 is 1.47 bits per heavy atom. The van der Waals surface area contributed by atoms with Crippen LogP contribution in [0.4, 0.5) is 0 Å². The van der Waals surface area contributed by atoms with Crippen LogP contribution in [-0.4, -0.2) is 48.3 Å². The van der Waals surface area contributed by atoms with Crippen LogP contribution < -0.4 is 0 Å². The van der Waals surface area contributed by atoms with E-state index in [1.165, 1.54) is 0 Å². The van der Waals surface area contributed by atoms with Crippen LogP contribution >= 0.6 is 23.2 Å². The molecule has 1 atom stereocenters. The highest BCUT2D eigenvalue weighted by Gasteiger charge is 2.26. The van der Waals surface area contributed by atoms with E-state index in [0.717, 1.165) is 5.56 Å². The third-order valence-corrected chi connectivity index (χ3v) is 3.70. The van der Waals surface area contributed by atoms with Crippen molar-refractivity contribution in [3.8, 4) is 0 Å². The van der Waals surface area contributed by atoms with Gasteiger partial charge in [0.25, 0.3) is 0 Å². The van der Waals surface area contributed by atoms with Gasteiger partial charge in [-0.2, -0.15) is 0 Å². The van der Waals surface area contributed by atoms with E-state index in [4.69, 9.17) is 27.9 Å². The number of hydrogen-bond donors (Lipinski definition) is 1. The number of carbonyl (C=O) groups excluding carboxylic acids is 1. The van der Waals surface area contributed by atoms with Crippen LogP contribution in [0.1, 0.15) is 5.56 Å². The van der Waals surface area contributed by atoms with Crippen molar-refractivity contribution in [3.05, 3.63) is 33.8 Å². The quantitative estimate of drug-likeness (QED) is 0.925. The van der Waals surface area contributed by atoms with E-state index in [1.54, 1.807) is 23.1 Å². The van der Waals surface area contributed by atoms with Gasteiger partial charge in [0.05, 0.1) is 32.3 Å². The fourth-order valence-electron chi connectivity index (χ4n) is 2.06. The normalized spacial score (nSPS) is 19.5. The molecule has 1 aliphatic rings. The summed E-state index contributed by atoms with van der Waals surface area (Å²) < 4.78 is 5.25. The Balaban J connectivity index is 2.07. The van der Waals surface area contributed by atoms with Gasteiger partial charge in [-0.3, -0.25) is 4.79 Å². The van der Waals surface area contributed by atoms with Gasteiger partial charge in [0, 0.05) is 16.6 Å². The predicted octanol–water partition coefficient (Wildman–Crippen LogP) is 1.76. The number of amides is 1. The lowest BCUT2D eigenvalue weighted by Crippen LogP contribution is -2.51. The van der Waals surface area contributed by atoms with Crippen molar-refractivity contribution in [3.63, 3.8) is 0 Å². The number of rotatable bonds is 3. The summed E-state index contributed by atoms with van der Waals surface area (Å²) in [7, 11) is 0. The highest BCUT2D eigenvalue weighted by Crippen LogP contribution is 2.22. The fraction of sp³-hybridized carbons (Fsp3) is 0.462. The molecule has 19 heavy (non-hydrogen) atoms. The number of aliphatic hydroxyl groups is 1. The molecular formula is C13H15Cl2NO3. The Morgan fingerprint density at radius 2 is 2.26 bits per heavy atom. The lowest BCUT2D eigenvalue weighted by Gasteiger charge is -2.34. The van der Waals surface area contributed by atoms with Gasteiger partial charge < -0.3 is 14.7 Å². The highest BCUT2D eigenvalue weighted by molar-refractivity contribution is 6.35. The molecule has 0 aliphatic carbocycles. The molecule has 1 aromatic rings. The van der Waals surface area contributed by atoms with Gasteiger partial charge in [0.15, 0.2) is 0 Å². The Morgan fingerprint density at radius 3 is 2.95 bits per heavy atom. The number of morpholine rings is 1. The van der Waals surface area contributed by atoms with E-state index in [-0.39, 0.29) is 25.0 Å². The fourth-order valence-corrected chi connectivity index (χ4v) is 2.54. The molecule has 0 radical (unpaired) electrons. The zero-order valence-corrected chi connectivity index (χ0v) is 11.8. The SMILES string of the molecule is O=C(Cc1ccc(Cl)cc1Cl)N1CCOCC1CO. The van der Waals surface area contributed by atoms with Crippen molar-refractivity contribution < 1.29 is 14.6 Å². The number of nitrogens with zero attached hydrogens (tertiary/aromatic N) is 1. The third kappa shape index (κ3) is 3.60. The Hall–Kier alpha value is -0.810. The zero-order valence-electron chi connectivity index (χ0n) is 10.3. The molecule has 0 bridgehead atoms. The van der Waals surface area contributed by atoms with E-state index in [9.17, 15) is 9.90 Å². The summed E-state index contributed by atoms with van der Waals surface area (Å²) in [4.78, 5) is 13.9. The highest BCUT2D eigenvalue weighted by atomic mass is 35.5. The second-order valence-corrected chi connectivity index (χ2v) is 5.25. The molecule has 1 fully saturated rings. The molecule has 1 amide bonds.